The van der Waals surface area contributed by atoms with Crippen LogP contribution in [0.15, 0.2) is 24.3 Å². The lowest BCUT2D eigenvalue weighted by atomic mass is 10.2. The first-order valence-electron chi connectivity index (χ1n) is 6.06. The average Bonchev–Trinajstić information content (AvgIpc) is 3.05. The summed E-state index contributed by atoms with van der Waals surface area (Å²) in [5.74, 6) is -0.440. The van der Waals surface area contributed by atoms with Crippen molar-refractivity contribution in [1.82, 2.24) is 9.97 Å². The Morgan fingerprint density at radius 2 is 1.90 bits per heavy atom. The molecule has 1 aromatic heterocycles. The zero-order valence-corrected chi connectivity index (χ0v) is 11.2. The molecule has 3 aromatic rings. The van der Waals surface area contributed by atoms with Gasteiger partial charge in [-0.1, -0.05) is 11.6 Å². The first kappa shape index (κ1) is 12.4. The second-order valence-electron chi connectivity index (χ2n) is 4.56. The number of fused-ring (bicyclic) bond motifs is 2. The summed E-state index contributed by atoms with van der Waals surface area (Å²) in [5.41, 5.74) is 1.37. The molecule has 7 heteroatoms. The van der Waals surface area contributed by atoms with Gasteiger partial charge in [0.1, 0.15) is 5.82 Å². The van der Waals surface area contributed by atoms with Gasteiger partial charge in [-0.3, -0.25) is 0 Å². The van der Waals surface area contributed by atoms with Gasteiger partial charge in [0.25, 0.3) is 0 Å². The molecule has 0 fully saturated rings. The van der Waals surface area contributed by atoms with Gasteiger partial charge in [0.2, 0.25) is 6.79 Å². The normalized spacial score (nSPS) is 13.1. The Morgan fingerprint density at radius 3 is 2.76 bits per heavy atom. The molecule has 0 unspecified atom stereocenters. The number of hydrogen-bond donors (Lipinski definition) is 1. The maximum Gasteiger partial charge on any atom is 0.231 e. The Kier molecular flexibility index (Phi) is 2.56. The molecule has 2 heterocycles. The van der Waals surface area contributed by atoms with Crippen LogP contribution >= 0.6 is 11.6 Å². The second-order valence-corrected chi connectivity index (χ2v) is 4.97. The van der Waals surface area contributed by atoms with E-state index in [1.54, 1.807) is 12.1 Å². The minimum Gasteiger partial charge on any atom is -0.454 e. The molecule has 0 saturated carbocycles. The van der Waals surface area contributed by atoms with Crippen molar-refractivity contribution in [3.05, 3.63) is 40.9 Å². The second kappa shape index (κ2) is 4.33. The van der Waals surface area contributed by atoms with Crippen LogP contribution < -0.4 is 9.47 Å². The molecule has 0 bridgehead atoms. The predicted molar refractivity (Wildman–Crippen MR) is 72.6 cm³/mol. The molecule has 2 aromatic carbocycles. The minimum atomic E-state index is -0.940. The van der Waals surface area contributed by atoms with Crippen LogP contribution in [-0.2, 0) is 0 Å². The summed E-state index contributed by atoms with van der Waals surface area (Å²) in [6.45, 7) is 0.106. The SMILES string of the molecule is Fc1cc2nc(-c3cc(Cl)c4c(c3)OCO4)[nH]c2cc1F. The standard InChI is InChI=1S/C14H7ClF2N2O2/c15-7-1-6(2-12-13(7)21-5-20-12)14-18-10-3-8(16)9(17)4-11(10)19-14/h1-4H,5H2,(H,18,19). The van der Waals surface area contributed by atoms with E-state index < -0.39 is 11.6 Å². The molecule has 0 radical (unpaired) electrons. The van der Waals surface area contributed by atoms with Crippen LogP contribution in [0.25, 0.3) is 22.4 Å². The molecule has 1 N–H and O–H groups in total. The van der Waals surface area contributed by atoms with Gasteiger partial charge in [0.15, 0.2) is 23.1 Å². The number of halogens is 3. The number of rotatable bonds is 1. The van der Waals surface area contributed by atoms with Crippen molar-refractivity contribution in [1.29, 1.82) is 0 Å². The number of imidazole rings is 1. The Morgan fingerprint density at radius 1 is 1.10 bits per heavy atom. The minimum absolute atomic E-state index is 0.106. The number of aromatic nitrogens is 2. The molecule has 1 aliphatic heterocycles. The molecule has 21 heavy (non-hydrogen) atoms. The molecular formula is C14H7ClF2N2O2. The number of nitrogens with one attached hydrogen (secondary N) is 1. The van der Waals surface area contributed by atoms with Crippen molar-refractivity contribution >= 4 is 22.6 Å². The largest absolute Gasteiger partial charge is 0.454 e. The molecule has 106 valence electrons. The summed E-state index contributed by atoms with van der Waals surface area (Å²) < 4.78 is 37.0. The third-order valence-corrected chi connectivity index (χ3v) is 3.51. The highest BCUT2D eigenvalue weighted by Crippen LogP contribution is 2.42. The third kappa shape index (κ3) is 1.91. The monoisotopic (exact) mass is 308 g/mol. The molecule has 0 aliphatic carbocycles. The van der Waals surface area contributed by atoms with Crippen LogP contribution in [0.5, 0.6) is 11.5 Å². The van der Waals surface area contributed by atoms with Crippen molar-refractivity contribution in [2.24, 2.45) is 0 Å². The molecule has 1 aliphatic rings. The summed E-state index contributed by atoms with van der Waals surface area (Å²) in [7, 11) is 0. The van der Waals surface area contributed by atoms with Crippen LogP contribution in [0.2, 0.25) is 5.02 Å². The van der Waals surface area contributed by atoms with Gasteiger partial charge in [-0.15, -0.1) is 0 Å². The summed E-state index contributed by atoms with van der Waals surface area (Å²) in [6.07, 6.45) is 0. The fraction of sp³-hybridized carbons (Fsp3) is 0.0714. The first-order valence-corrected chi connectivity index (χ1v) is 6.44. The van der Waals surface area contributed by atoms with Gasteiger partial charge >= 0.3 is 0 Å². The van der Waals surface area contributed by atoms with Gasteiger partial charge in [-0.2, -0.15) is 0 Å². The van der Waals surface area contributed by atoms with Gasteiger partial charge in [0.05, 0.1) is 16.1 Å². The zero-order valence-electron chi connectivity index (χ0n) is 10.4. The van der Waals surface area contributed by atoms with E-state index in [0.29, 0.717) is 38.9 Å². The van der Waals surface area contributed by atoms with Crippen LogP contribution in [-0.4, -0.2) is 16.8 Å². The van der Waals surface area contributed by atoms with E-state index in [1.165, 1.54) is 0 Å². The summed E-state index contributed by atoms with van der Waals surface area (Å²) in [5, 5.41) is 0.387. The summed E-state index contributed by atoms with van der Waals surface area (Å²) in [6, 6.07) is 5.47. The number of aromatic amines is 1. The van der Waals surface area contributed by atoms with Crippen molar-refractivity contribution in [2.75, 3.05) is 6.79 Å². The first-order chi connectivity index (χ1) is 10.1. The predicted octanol–water partition coefficient (Wildman–Crippen LogP) is 3.89. The fourth-order valence-electron chi connectivity index (χ4n) is 2.25. The van der Waals surface area contributed by atoms with E-state index in [4.69, 9.17) is 21.1 Å². The van der Waals surface area contributed by atoms with Crippen molar-refractivity contribution in [3.8, 4) is 22.9 Å². The summed E-state index contributed by atoms with van der Waals surface area (Å²) >= 11 is 6.11. The highest BCUT2D eigenvalue weighted by atomic mass is 35.5. The Labute approximate surface area is 122 Å². The number of ether oxygens (including phenoxy) is 2. The quantitative estimate of drug-likeness (QED) is 0.742. The van der Waals surface area contributed by atoms with Gasteiger partial charge < -0.3 is 14.5 Å². The van der Waals surface area contributed by atoms with Crippen molar-refractivity contribution in [2.45, 2.75) is 0 Å². The molecule has 4 nitrogen and oxygen atoms in total. The lowest BCUT2D eigenvalue weighted by Crippen LogP contribution is -1.93. The Bertz CT molecular complexity index is 840. The topological polar surface area (TPSA) is 47.1 Å². The van der Waals surface area contributed by atoms with Gasteiger partial charge in [-0.25, -0.2) is 13.8 Å². The smallest absolute Gasteiger partial charge is 0.231 e. The number of H-pyrrole nitrogens is 1. The van der Waals surface area contributed by atoms with Crippen LogP contribution in [0, 0.1) is 11.6 Å². The molecule has 4 rings (SSSR count). The fourth-order valence-corrected chi connectivity index (χ4v) is 2.51. The Balaban J connectivity index is 1.89. The maximum atomic E-state index is 13.2. The van der Waals surface area contributed by atoms with E-state index in [-0.39, 0.29) is 6.79 Å². The lowest BCUT2D eigenvalue weighted by Gasteiger charge is -2.02. The molecule has 0 atom stereocenters. The average molecular weight is 309 g/mol. The highest BCUT2D eigenvalue weighted by molar-refractivity contribution is 6.32. The van der Waals surface area contributed by atoms with E-state index in [1.807, 2.05) is 0 Å². The molecule has 0 amide bonds. The van der Waals surface area contributed by atoms with E-state index >= 15 is 0 Å². The number of hydrogen-bond acceptors (Lipinski definition) is 3. The molecule has 0 spiro atoms. The summed E-state index contributed by atoms with van der Waals surface area (Å²) in [4.78, 5) is 7.16. The highest BCUT2D eigenvalue weighted by Gasteiger charge is 2.20. The Hall–Kier alpha value is -2.34. The maximum absolute atomic E-state index is 13.2. The van der Waals surface area contributed by atoms with E-state index in [0.717, 1.165) is 12.1 Å². The molecule has 0 saturated heterocycles. The number of benzene rings is 2. The van der Waals surface area contributed by atoms with Crippen LogP contribution in [0.3, 0.4) is 0 Å². The van der Waals surface area contributed by atoms with Gasteiger partial charge in [0, 0.05) is 17.7 Å². The van der Waals surface area contributed by atoms with Crippen molar-refractivity contribution < 1.29 is 18.3 Å². The zero-order chi connectivity index (χ0) is 14.6. The molecular weight excluding hydrogens is 302 g/mol. The van der Waals surface area contributed by atoms with E-state index in [2.05, 4.69) is 9.97 Å². The van der Waals surface area contributed by atoms with Gasteiger partial charge in [-0.05, 0) is 12.1 Å². The third-order valence-electron chi connectivity index (χ3n) is 3.22. The van der Waals surface area contributed by atoms with Crippen LogP contribution in [0.4, 0.5) is 8.78 Å². The van der Waals surface area contributed by atoms with E-state index in [9.17, 15) is 8.78 Å². The number of nitrogens with zero attached hydrogens (tertiary/aromatic N) is 1. The van der Waals surface area contributed by atoms with Crippen molar-refractivity contribution in [3.63, 3.8) is 0 Å². The lowest BCUT2D eigenvalue weighted by molar-refractivity contribution is 0.174. The van der Waals surface area contributed by atoms with Crippen LogP contribution in [0.1, 0.15) is 0 Å².